The average Bonchev–Trinajstić information content (AvgIpc) is 2.48. The maximum Gasteiger partial charge on any atom is 0.0662 e. The van der Waals surface area contributed by atoms with Gasteiger partial charge in [-0.15, -0.1) is 13.2 Å². The second-order valence-electron chi connectivity index (χ2n) is 4.18. The van der Waals surface area contributed by atoms with E-state index in [2.05, 4.69) is 27.0 Å². The van der Waals surface area contributed by atoms with Crippen LogP contribution in [0, 0.1) is 0 Å². The predicted molar refractivity (Wildman–Crippen MR) is 84.5 cm³/mol. The lowest BCUT2D eigenvalue weighted by atomic mass is 10.2. The topological polar surface area (TPSA) is 49.7 Å². The fourth-order valence-electron chi connectivity index (χ4n) is 1.36. The lowest BCUT2D eigenvalue weighted by Gasteiger charge is -2.03. The van der Waals surface area contributed by atoms with Gasteiger partial charge >= 0.3 is 0 Å². The standard InChI is InChI=1S/C12H26O.C2H6O2.C2H4/c1-3-5-7-9-11-13-12-10-8-6-4-2;3-1-2-4;1-2/h3-12H2,1-2H3;3-4H,1-2H2;1-2H2. The fourth-order valence-corrected chi connectivity index (χ4v) is 1.36. The highest BCUT2D eigenvalue weighted by molar-refractivity contribution is 4.41. The number of unbranched alkanes of at least 4 members (excludes halogenated alkanes) is 6. The Labute approximate surface area is 120 Å². The van der Waals surface area contributed by atoms with E-state index in [4.69, 9.17) is 14.9 Å². The van der Waals surface area contributed by atoms with Gasteiger partial charge in [0.25, 0.3) is 0 Å². The molecule has 3 nitrogen and oxygen atoms in total. The third-order valence-electron chi connectivity index (χ3n) is 2.38. The minimum atomic E-state index is -0.125. The van der Waals surface area contributed by atoms with Crippen LogP contribution in [0.5, 0.6) is 0 Å². The van der Waals surface area contributed by atoms with Crippen LogP contribution >= 0.6 is 0 Å². The molecule has 0 aromatic heterocycles. The molecule has 0 heterocycles. The summed E-state index contributed by atoms with van der Waals surface area (Å²) in [7, 11) is 0. The first-order valence-corrected chi connectivity index (χ1v) is 7.62. The first-order chi connectivity index (χ1) is 9.33. The van der Waals surface area contributed by atoms with Crippen LogP contribution < -0.4 is 0 Å². The first-order valence-electron chi connectivity index (χ1n) is 7.62. The zero-order chi connectivity index (χ0) is 15.2. The second kappa shape index (κ2) is 30.6. The molecule has 0 aliphatic heterocycles. The minimum absolute atomic E-state index is 0.125. The predicted octanol–water partition coefficient (Wildman–Crippen LogP) is 3.94. The summed E-state index contributed by atoms with van der Waals surface area (Å²) in [6.45, 7) is 12.2. The van der Waals surface area contributed by atoms with Gasteiger partial charge in [0.1, 0.15) is 0 Å². The lowest BCUT2D eigenvalue weighted by Crippen LogP contribution is -1.96. The summed E-state index contributed by atoms with van der Waals surface area (Å²) in [5.74, 6) is 0. The average molecular weight is 276 g/mol. The van der Waals surface area contributed by atoms with E-state index in [9.17, 15) is 0 Å². The summed E-state index contributed by atoms with van der Waals surface area (Å²) in [5.41, 5.74) is 0. The maximum absolute atomic E-state index is 7.62. The summed E-state index contributed by atoms with van der Waals surface area (Å²) in [5, 5.41) is 15.2. The molecule has 0 saturated heterocycles. The zero-order valence-corrected chi connectivity index (χ0v) is 13.2. The Bertz CT molecular complexity index is 107. The SMILES string of the molecule is C=C.CCCCCCOCCCCCC.OCCO. The molecule has 0 radical (unpaired) electrons. The van der Waals surface area contributed by atoms with Gasteiger partial charge in [-0.25, -0.2) is 0 Å². The highest BCUT2D eigenvalue weighted by atomic mass is 16.5. The summed E-state index contributed by atoms with van der Waals surface area (Å²) in [6.07, 6.45) is 10.5. The minimum Gasteiger partial charge on any atom is -0.394 e. The van der Waals surface area contributed by atoms with E-state index in [-0.39, 0.29) is 13.2 Å². The van der Waals surface area contributed by atoms with E-state index in [1.54, 1.807) is 0 Å². The molecule has 19 heavy (non-hydrogen) atoms. The Hall–Kier alpha value is -0.380. The molecule has 0 fully saturated rings. The molecule has 0 aromatic rings. The molecule has 0 amide bonds. The second-order valence-corrected chi connectivity index (χ2v) is 4.18. The molecule has 3 heteroatoms. The smallest absolute Gasteiger partial charge is 0.0662 e. The van der Waals surface area contributed by atoms with Gasteiger partial charge < -0.3 is 14.9 Å². The molecule has 0 aliphatic rings. The molecule has 0 unspecified atom stereocenters. The maximum atomic E-state index is 7.62. The van der Waals surface area contributed by atoms with Crippen molar-refractivity contribution in [2.45, 2.75) is 65.2 Å². The van der Waals surface area contributed by atoms with E-state index in [1.165, 1.54) is 51.4 Å². The van der Waals surface area contributed by atoms with Crippen molar-refractivity contribution in [3.05, 3.63) is 13.2 Å². The Balaban J connectivity index is -0.000000361. The van der Waals surface area contributed by atoms with Crippen LogP contribution in [0.25, 0.3) is 0 Å². The molecule has 0 saturated carbocycles. The van der Waals surface area contributed by atoms with Gasteiger partial charge in [-0.05, 0) is 12.8 Å². The highest BCUT2D eigenvalue weighted by Gasteiger charge is 1.90. The monoisotopic (exact) mass is 276 g/mol. The Kier molecular flexibility index (Phi) is 38.1. The third-order valence-corrected chi connectivity index (χ3v) is 2.38. The van der Waals surface area contributed by atoms with Crippen LogP contribution in [0.4, 0.5) is 0 Å². The van der Waals surface area contributed by atoms with Gasteiger partial charge in [0.2, 0.25) is 0 Å². The van der Waals surface area contributed by atoms with Crippen LogP contribution in [-0.4, -0.2) is 36.6 Å². The van der Waals surface area contributed by atoms with Gasteiger partial charge in [-0.3, -0.25) is 0 Å². The van der Waals surface area contributed by atoms with Gasteiger partial charge in [-0.1, -0.05) is 52.4 Å². The fraction of sp³-hybridized carbons (Fsp3) is 0.875. The van der Waals surface area contributed by atoms with Gasteiger partial charge in [0.15, 0.2) is 0 Å². The van der Waals surface area contributed by atoms with Crippen molar-refractivity contribution in [3.63, 3.8) is 0 Å². The largest absolute Gasteiger partial charge is 0.394 e. The summed E-state index contributed by atoms with van der Waals surface area (Å²) in [6, 6.07) is 0. The summed E-state index contributed by atoms with van der Waals surface area (Å²) >= 11 is 0. The van der Waals surface area contributed by atoms with E-state index in [0.29, 0.717) is 0 Å². The van der Waals surface area contributed by atoms with Crippen LogP contribution in [0.3, 0.4) is 0 Å². The highest BCUT2D eigenvalue weighted by Crippen LogP contribution is 2.01. The van der Waals surface area contributed by atoms with Crippen LogP contribution in [0.1, 0.15) is 65.2 Å². The van der Waals surface area contributed by atoms with Crippen molar-refractivity contribution in [1.82, 2.24) is 0 Å². The van der Waals surface area contributed by atoms with E-state index < -0.39 is 0 Å². The Morgan fingerprint density at radius 1 is 0.684 bits per heavy atom. The Morgan fingerprint density at radius 3 is 1.32 bits per heavy atom. The number of hydrogen-bond acceptors (Lipinski definition) is 3. The van der Waals surface area contributed by atoms with E-state index >= 15 is 0 Å². The van der Waals surface area contributed by atoms with Crippen molar-refractivity contribution < 1.29 is 14.9 Å². The molecule has 0 rings (SSSR count). The summed E-state index contributed by atoms with van der Waals surface area (Å²) in [4.78, 5) is 0. The van der Waals surface area contributed by atoms with Crippen molar-refractivity contribution in [1.29, 1.82) is 0 Å². The van der Waals surface area contributed by atoms with E-state index in [0.717, 1.165) is 13.2 Å². The normalized spacial score (nSPS) is 9.05. The van der Waals surface area contributed by atoms with Crippen molar-refractivity contribution in [3.8, 4) is 0 Å². The van der Waals surface area contributed by atoms with Crippen molar-refractivity contribution >= 4 is 0 Å². The quantitative estimate of drug-likeness (QED) is 0.444. The molecule has 0 atom stereocenters. The summed E-state index contributed by atoms with van der Waals surface area (Å²) < 4.78 is 5.53. The van der Waals surface area contributed by atoms with Crippen LogP contribution in [0.15, 0.2) is 13.2 Å². The van der Waals surface area contributed by atoms with Crippen molar-refractivity contribution in [2.24, 2.45) is 0 Å². The van der Waals surface area contributed by atoms with Gasteiger partial charge in [0.05, 0.1) is 13.2 Å². The lowest BCUT2D eigenvalue weighted by molar-refractivity contribution is 0.126. The molecular formula is C16H36O3. The van der Waals surface area contributed by atoms with Gasteiger partial charge in [0, 0.05) is 13.2 Å². The van der Waals surface area contributed by atoms with Crippen molar-refractivity contribution in [2.75, 3.05) is 26.4 Å². The molecule has 2 N–H and O–H groups in total. The molecular weight excluding hydrogens is 240 g/mol. The molecule has 0 aromatic carbocycles. The number of aliphatic hydroxyl groups excluding tert-OH is 2. The van der Waals surface area contributed by atoms with Gasteiger partial charge in [-0.2, -0.15) is 0 Å². The molecule has 0 aliphatic carbocycles. The number of ether oxygens (including phenoxy) is 1. The third kappa shape index (κ3) is 38.1. The number of rotatable bonds is 11. The van der Waals surface area contributed by atoms with Crippen LogP contribution in [0.2, 0.25) is 0 Å². The van der Waals surface area contributed by atoms with E-state index in [1.807, 2.05) is 0 Å². The number of aliphatic hydroxyl groups is 2. The first kappa shape index (κ1) is 23.7. The molecule has 0 spiro atoms. The zero-order valence-electron chi connectivity index (χ0n) is 13.2. The number of hydrogen-bond donors (Lipinski definition) is 2. The Morgan fingerprint density at radius 2 is 1.05 bits per heavy atom. The van der Waals surface area contributed by atoms with Crippen LogP contribution in [-0.2, 0) is 4.74 Å². The molecule has 0 bridgehead atoms. The molecule has 118 valence electrons.